The quantitative estimate of drug-likeness (QED) is 0.0275. The highest BCUT2D eigenvalue weighted by atomic mass is 16.5. The molecule has 2 atom stereocenters. The highest BCUT2D eigenvalue weighted by Gasteiger charge is 2.15. The molecule has 0 amide bonds. The second-order valence-electron chi connectivity index (χ2n) is 17.3. The first kappa shape index (κ1) is 50.6. The van der Waals surface area contributed by atoms with Gasteiger partial charge in [0.2, 0.25) is 11.1 Å². The molecular formula is C57H64N6O7. The van der Waals surface area contributed by atoms with Crippen molar-refractivity contribution in [3.05, 3.63) is 195 Å². The number of phenols is 2. The number of unbranched alkanes of at least 4 members (excludes halogenated alkanes) is 3. The normalized spacial score (nSPS) is 12.0. The van der Waals surface area contributed by atoms with Crippen LogP contribution in [0.25, 0.3) is 32.9 Å². The van der Waals surface area contributed by atoms with Crippen molar-refractivity contribution in [1.82, 2.24) is 25.9 Å². The predicted molar refractivity (Wildman–Crippen MR) is 281 cm³/mol. The maximum Gasteiger partial charge on any atom is 0.248 e. The maximum atomic E-state index is 11.6. The van der Waals surface area contributed by atoms with Crippen molar-refractivity contribution in [1.29, 1.82) is 0 Å². The number of aromatic nitrogens is 2. The summed E-state index contributed by atoms with van der Waals surface area (Å²) in [5.74, 6) is 0.813. The molecule has 70 heavy (non-hydrogen) atoms. The van der Waals surface area contributed by atoms with E-state index >= 15 is 0 Å². The van der Waals surface area contributed by atoms with Crippen LogP contribution in [-0.2, 0) is 12.8 Å². The third-order valence-corrected chi connectivity index (χ3v) is 12.2. The molecule has 0 saturated carbocycles. The van der Waals surface area contributed by atoms with Crippen molar-refractivity contribution in [2.45, 2.75) is 50.7 Å². The van der Waals surface area contributed by atoms with Crippen molar-refractivity contribution in [2.24, 2.45) is 0 Å². The summed E-state index contributed by atoms with van der Waals surface area (Å²) in [6.07, 6.45) is 4.98. The van der Waals surface area contributed by atoms with E-state index < -0.39 is 12.2 Å². The van der Waals surface area contributed by atoms with Gasteiger partial charge in [-0.25, -0.2) is 0 Å². The number of benzene rings is 6. The van der Waals surface area contributed by atoms with Gasteiger partial charge in [0.25, 0.3) is 0 Å². The monoisotopic (exact) mass is 944 g/mol. The first-order valence-electron chi connectivity index (χ1n) is 24.0. The zero-order chi connectivity index (χ0) is 49.1. The molecule has 0 aliphatic carbocycles. The van der Waals surface area contributed by atoms with E-state index in [4.69, 9.17) is 4.74 Å². The summed E-state index contributed by atoms with van der Waals surface area (Å²) in [6.45, 7) is 4.39. The Morgan fingerprint density at radius 3 is 1.59 bits per heavy atom. The zero-order valence-corrected chi connectivity index (χ0v) is 39.6. The average Bonchev–Trinajstić information content (AvgIpc) is 3.38. The Balaban J connectivity index is 0.000000212. The smallest absolute Gasteiger partial charge is 0.248 e. The second kappa shape index (κ2) is 25.9. The van der Waals surface area contributed by atoms with Crippen LogP contribution in [0.4, 0.5) is 11.4 Å². The van der Waals surface area contributed by atoms with Crippen LogP contribution < -0.4 is 37.1 Å². The molecule has 364 valence electrons. The van der Waals surface area contributed by atoms with E-state index in [1.807, 2.05) is 36.4 Å². The lowest BCUT2D eigenvalue weighted by molar-refractivity contribution is 0.176. The van der Waals surface area contributed by atoms with Gasteiger partial charge in [0.05, 0.1) is 30.4 Å². The molecule has 13 nitrogen and oxygen atoms in total. The Morgan fingerprint density at radius 1 is 0.514 bits per heavy atom. The van der Waals surface area contributed by atoms with Crippen LogP contribution in [0, 0.1) is 0 Å². The Bertz CT molecular complexity index is 3000. The maximum absolute atomic E-state index is 11.6. The van der Waals surface area contributed by atoms with Crippen LogP contribution in [0.1, 0.15) is 60.1 Å². The van der Waals surface area contributed by atoms with Gasteiger partial charge in [0, 0.05) is 52.9 Å². The molecule has 2 aromatic heterocycles. The van der Waals surface area contributed by atoms with E-state index in [1.165, 1.54) is 48.2 Å². The number of aromatic amines is 2. The van der Waals surface area contributed by atoms with Gasteiger partial charge in [0.15, 0.2) is 0 Å². The van der Waals surface area contributed by atoms with E-state index in [2.05, 4.69) is 98.0 Å². The highest BCUT2D eigenvalue weighted by Crippen LogP contribution is 2.34. The minimum atomic E-state index is -0.782. The number of rotatable bonds is 23. The van der Waals surface area contributed by atoms with E-state index in [0.717, 1.165) is 73.6 Å². The number of aliphatic hydroxyl groups is 2. The number of hydrogen-bond acceptors (Lipinski definition) is 11. The van der Waals surface area contributed by atoms with Crippen LogP contribution in [0.15, 0.2) is 161 Å². The van der Waals surface area contributed by atoms with Crippen molar-refractivity contribution in [3.8, 4) is 28.4 Å². The van der Waals surface area contributed by atoms with Crippen LogP contribution in [0.3, 0.4) is 0 Å². The van der Waals surface area contributed by atoms with E-state index in [-0.39, 0.29) is 22.6 Å². The predicted octanol–water partition coefficient (Wildman–Crippen LogP) is 8.77. The molecule has 0 bridgehead atoms. The van der Waals surface area contributed by atoms with Crippen molar-refractivity contribution < 1.29 is 25.2 Å². The standard InChI is InChI=1S/C32H31N3O4.C25H33N3O3/c1-39-30-15-11-24(19-27(30)22-5-3-2-4-6-22)34-23-9-7-21(8-10-23)17-18-33-20-29(37)25-12-14-28(36)32-26(25)13-16-31(38)35-32;29-22-12-10-20(21-11-13-24(31)28-25(21)22)23(30)18-27-16-7-2-1-6-15-26-17-14-19-8-4-3-5-9-19/h2-16,19,29,33-34,36-37H,17-18,20H2,1H3,(H,35,38);3-5,8-13,23,26-27,29-30H,1-2,6-7,14-18H2,(H,28,31). The lowest BCUT2D eigenvalue weighted by Gasteiger charge is -2.15. The number of fused-ring (bicyclic) bond motifs is 2. The van der Waals surface area contributed by atoms with Gasteiger partial charge in [-0.05, 0) is 134 Å². The third-order valence-electron chi connectivity index (χ3n) is 12.2. The van der Waals surface area contributed by atoms with Crippen LogP contribution in [0.2, 0.25) is 0 Å². The van der Waals surface area contributed by atoms with E-state index in [9.17, 15) is 30.0 Å². The van der Waals surface area contributed by atoms with Crippen molar-refractivity contribution in [3.63, 3.8) is 0 Å². The van der Waals surface area contributed by atoms with Crippen LogP contribution >= 0.6 is 0 Å². The fraction of sp³-hybridized carbons (Fsp3) is 0.263. The third kappa shape index (κ3) is 14.4. The fourth-order valence-electron chi connectivity index (χ4n) is 8.44. The number of aromatic hydroxyl groups is 2. The lowest BCUT2D eigenvalue weighted by atomic mass is 10.0. The molecule has 0 spiro atoms. The Morgan fingerprint density at radius 2 is 1.01 bits per heavy atom. The topological polar surface area (TPSA) is 204 Å². The summed E-state index contributed by atoms with van der Waals surface area (Å²) in [5.41, 5.74) is 8.10. The summed E-state index contributed by atoms with van der Waals surface area (Å²) in [4.78, 5) is 28.4. The van der Waals surface area contributed by atoms with Gasteiger partial charge < -0.3 is 56.4 Å². The van der Waals surface area contributed by atoms with Gasteiger partial charge >= 0.3 is 0 Å². The number of hydrogen-bond donors (Lipinski definition) is 10. The fourth-order valence-corrected chi connectivity index (χ4v) is 8.44. The number of pyridine rings is 2. The molecule has 0 aliphatic rings. The van der Waals surface area contributed by atoms with Crippen LogP contribution in [0.5, 0.6) is 17.2 Å². The SMILES string of the molecule is COc1ccc(Nc2ccc(CCNCC(O)c3ccc(O)c4[nH]c(=O)ccc34)cc2)cc1-c1ccccc1.O=c1ccc2c(C(O)CNCCCCCCNCCc3ccccc3)ccc(O)c2[nH]1. The first-order valence-corrected chi connectivity index (χ1v) is 24.0. The molecule has 10 N–H and O–H groups in total. The molecule has 2 unspecified atom stereocenters. The summed E-state index contributed by atoms with van der Waals surface area (Å²) < 4.78 is 5.56. The molecule has 13 heteroatoms. The Labute approximate surface area is 408 Å². The number of ether oxygens (including phenoxy) is 1. The van der Waals surface area contributed by atoms with E-state index in [1.54, 1.807) is 31.4 Å². The van der Waals surface area contributed by atoms with Gasteiger partial charge in [0.1, 0.15) is 17.2 Å². The zero-order valence-electron chi connectivity index (χ0n) is 39.6. The van der Waals surface area contributed by atoms with E-state index in [0.29, 0.717) is 52.6 Å². The van der Waals surface area contributed by atoms with Crippen molar-refractivity contribution in [2.75, 3.05) is 51.7 Å². The average molecular weight is 945 g/mol. The molecule has 0 radical (unpaired) electrons. The largest absolute Gasteiger partial charge is 0.506 e. The minimum Gasteiger partial charge on any atom is -0.506 e. The Hall–Kier alpha value is -7.26. The molecule has 0 saturated heterocycles. The second-order valence-corrected chi connectivity index (χ2v) is 17.3. The number of aliphatic hydroxyl groups excluding tert-OH is 2. The first-order chi connectivity index (χ1) is 34.2. The minimum absolute atomic E-state index is 0.00571. The number of phenolic OH excluding ortho intramolecular Hbond substituents is 2. The Kier molecular flexibility index (Phi) is 18.7. The van der Waals surface area contributed by atoms with Gasteiger partial charge in [-0.1, -0.05) is 97.8 Å². The van der Waals surface area contributed by atoms with Gasteiger partial charge in [-0.15, -0.1) is 0 Å². The molecular weight excluding hydrogens is 881 g/mol. The molecule has 0 aliphatic heterocycles. The summed E-state index contributed by atoms with van der Waals surface area (Å²) in [7, 11) is 1.68. The molecule has 2 heterocycles. The number of anilines is 2. The summed E-state index contributed by atoms with van der Waals surface area (Å²) in [6, 6.07) is 47.5. The van der Waals surface area contributed by atoms with Gasteiger partial charge in [-0.3, -0.25) is 9.59 Å². The van der Waals surface area contributed by atoms with Crippen molar-refractivity contribution >= 4 is 33.2 Å². The molecule has 8 rings (SSSR count). The number of nitrogens with one attached hydrogen (secondary N) is 6. The number of methoxy groups -OCH3 is 1. The van der Waals surface area contributed by atoms with Crippen LogP contribution in [-0.4, -0.2) is 76.8 Å². The molecule has 6 aromatic carbocycles. The number of H-pyrrole nitrogens is 2. The molecule has 0 fully saturated rings. The lowest BCUT2D eigenvalue weighted by Crippen LogP contribution is -2.24. The molecule has 8 aromatic rings. The summed E-state index contributed by atoms with van der Waals surface area (Å²) in [5, 5.41) is 56.1. The summed E-state index contributed by atoms with van der Waals surface area (Å²) >= 11 is 0. The highest BCUT2D eigenvalue weighted by molar-refractivity contribution is 5.88. The van der Waals surface area contributed by atoms with Gasteiger partial charge in [-0.2, -0.15) is 0 Å².